The van der Waals surface area contributed by atoms with Gasteiger partial charge in [0.05, 0.1) is 24.4 Å². The fourth-order valence-corrected chi connectivity index (χ4v) is 3.54. The Morgan fingerprint density at radius 3 is 3.00 bits per heavy atom. The van der Waals surface area contributed by atoms with Crippen molar-refractivity contribution in [1.82, 2.24) is 20.4 Å². The van der Waals surface area contributed by atoms with Crippen molar-refractivity contribution in [1.29, 1.82) is 0 Å². The normalized spacial score (nSPS) is 18.1. The number of anilines is 1. The van der Waals surface area contributed by atoms with Gasteiger partial charge in [0.15, 0.2) is 0 Å². The Hall–Kier alpha value is -3.07. The molecule has 1 saturated heterocycles. The summed E-state index contributed by atoms with van der Waals surface area (Å²) >= 11 is 0. The first-order valence-corrected chi connectivity index (χ1v) is 9.45. The van der Waals surface area contributed by atoms with Gasteiger partial charge in [-0.25, -0.2) is 9.37 Å². The number of rotatable bonds is 4. The monoisotopic (exact) mass is 399 g/mol. The van der Waals surface area contributed by atoms with Crippen LogP contribution in [0.3, 0.4) is 0 Å². The predicted molar refractivity (Wildman–Crippen MR) is 104 cm³/mol. The first-order valence-electron chi connectivity index (χ1n) is 9.45. The lowest BCUT2D eigenvalue weighted by atomic mass is 10.1. The van der Waals surface area contributed by atoms with E-state index in [1.54, 1.807) is 13.0 Å². The minimum Gasteiger partial charge on any atom is -0.372 e. The van der Waals surface area contributed by atoms with Gasteiger partial charge in [-0.15, -0.1) is 0 Å². The van der Waals surface area contributed by atoms with E-state index in [-0.39, 0.29) is 18.1 Å². The Kier molecular flexibility index (Phi) is 5.14. The molecule has 1 aromatic carbocycles. The minimum atomic E-state index is -0.401. The zero-order chi connectivity index (χ0) is 20.5. The number of hydrogen-bond donors (Lipinski definition) is 1. The third-order valence-corrected chi connectivity index (χ3v) is 5.25. The molecule has 2 unspecified atom stereocenters. The number of aryl methyl sites for hydroxylation is 1. The predicted octanol–water partition coefficient (Wildman–Crippen LogP) is 2.40. The maximum atomic E-state index is 13.8. The largest absolute Gasteiger partial charge is 0.372 e. The third kappa shape index (κ3) is 3.65. The fourth-order valence-electron chi connectivity index (χ4n) is 3.54. The molecular formula is C20H22FN5O3. The van der Waals surface area contributed by atoms with Crippen LogP contribution in [0.4, 0.5) is 10.2 Å². The Bertz CT molecular complexity index is 1050. The Morgan fingerprint density at radius 1 is 1.34 bits per heavy atom. The molecule has 3 heterocycles. The van der Waals surface area contributed by atoms with E-state index in [0.717, 1.165) is 16.9 Å². The van der Waals surface area contributed by atoms with Crippen molar-refractivity contribution in [2.45, 2.75) is 32.9 Å². The molecule has 9 heteroatoms. The summed E-state index contributed by atoms with van der Waals surface area (Å²) in [7, 11) is 0. The van der Waals surface area contributed by atoms with E-state index in [4.69, 9.17) is 9.26 Å². The molecule has 29 heavy (non-hydrogen) atoms. The smallest absolute Gasteiger partial charge is 0.263 e. The van der Waals surface area contributed by atoms with Crippen molar-refractivity contribution >= 4 is 22.8 Å². The fraction of sp³-hybridized carbons (Fsp3) is 0.400. The van der Waals surface area contributed by atoms with Crippen molar-refractivity contribution in [3.05, 3.63) is 47.2 Å². The second-order valence-electron chi connectivity index (χ2n) is 7.18. The van der Waals surface area contributed by atoms with Crippen LogP contribution in [0.1, 0.15) is 28.5 Å². The highest BCUT2D eigenvalue weighted by Gasteiger charge is 2.29. The number of nitrogens with one attached hydrogen (secondary N) is 1. The average Bonchev–Trinajstić information content (AvgIpc) is 3.11. The first-order chi connectivity index (χ1) is 14.0. The van der Waals surface area contributed by atoms with Crippen LogP contribution >= 0.6 is 0 Å². The van der Waals surface area contributed by atoms with Gasteiger partial charge >= 0.3 is 0 Å². The SMILES string of the molecule is Cc1c(F)cccc1C(=O)NC(C)C1CN(c2ncnc3onc(C)c23)CCO1. The zero-order valence-corrected chi connectivity index (χ0v) is 16.5. The lowest BCUT2D eigenvalue weighted by Gasteiger charge is -2.36. The summed E-state index contributed by atoms with van der Waals surface area (Å²) in [6.45, 7) is 6.98. The molecule has 0 spiro atoms. The van der Waals surface area contributed by atoms with Gasteiger partial charge in [0.2, 0.25) is 0 Å². The van der Waals surface area contributed by atoms with Crippen LogP contribution in [0.25, 0.3) is 11.1 Å². The van der Waals surface area contributed by atoms with Crippen molar-refractivity contribution in [2.24, 2.45) is 0 Å². The molecule has 0 aliphatic carbocycles. The van der Waals surface area contributed by atoms with Gasteiger partial charge in [0.25, 0.3) is 11.6 Å². The highest BCUT2D eigenvalue weighted by molar-refractivity contribution is 5.95. The molecule has 0 saturated carbocycles. The summed E-state index contributed by atoms with van der Waals surface area (Å²) in [5.74, 6) is 0.0124. The number of benzene rings is 1. The highest BCUT2D eigenvalue weighted by Crippen LogP contribution is 2.27. The number of nitrogens with zero attached hydrogens (tertiary/aromatic N) is 4. The lowest BCUT2D eigenvalue weighted by Crippen LogP contribution is -2.52. The Morgan fingerprint density at radius 2 is 2.17 bits per heavy atom. The van der Waals surface area contributed by atoms with Crippen molar-refractivity contribution in [3.8, 4) is 0 Å². The summed E-state index contributed by atoms with van der Waals surface area (Å²) in [4.78, 5) is 23.2. The number of amides is 1. The molecule has 0 radical (unpaired) electrons. The lowest BCUT2D eigenvalue weighted by molar-refractivity contribution is 0.0189. The molecule has 1 aliphatic heterocycles. The van der Waals surface area contributed by atoms with Crippen molar-refractivity contribution < 1.29 is 18.4 Å². The van der Waals surface area contributed by atoms with Crippen molar-refractivity contribution in [3.63, 3.8) is 0 Å². The third-order valence-electron chi connectivity index (χ3n) is 5.25. The number of morpholine rings is 1. The van der Waals surface area contributed by atoms with E-state index in [0.29, 0.717) is 36.5 Å². The van der Waals surface area contributed by atoms with Crippen LogP contribution < -0.4 is 10.2 Å². The molecule has 2 aromatic heterocycles. The van der Waals surface area contributed by atoms with Crippen LogP contribution in [0, 0.1) is 19.7 Å². The summed E-state index contributed by atoms with van der Waals surface area (Å²) in [5, 5.41) is 7.68. The quantitative estimate of drug-likeness (QED) is 0.720. The second kappa shape index (κ2) is 7.75. The number of hydrogen-bond acceptors (Lipinski definition) is 7. The van der Waals surface area contributed by atoms with E-state index < -0.39 is 5.82 Å². The molecule has 1 fully saturated rings. The summed E-state index contributed by atoms with van der Waals surface area (Å²) in [5.41, 5.74) is 1.82. The van der Waals surface area contributed by atoms with E-state index in [1.165, 1.54) is 18.5 Å². The van der Waals surface area contributed by atoms with E-state index >= 15 is 0 Å². The standard InChI is InChI=1S/C20H22FN5O3/c1-11-14(5-4-6-15(11)21)19(27)24-12(2)16-9-26(7-8-28-16)18-17-13(3)25-29-20(17)23-10-22-18/h4-6,10,12,16H,7-9H2,1-3H3,(H,24,27). The molecule has 3 aromatic rings. The van der Waals surface area contributed by atoms with Gasteiger partial charge in [-0.2, -0.15) is 4.98 Å². The van der Waals surface area contributed by atoms with Crippen LogP contribution in [-0.4, -0.2) is 52.9 Å². The number of carbonyl (C=O) groups excluding carboxylic acids is 1. The summed E-state index contributed by atoms with van der Waals surface area (Å²) < 4.78 is 24.9. The van der Waals surface area contributed by atoms with Gasteiger partial charge in [0.1, 0.15) is 23.3 Å². The van der Waals surface area contributed by atoms with E-state index in [9.17, 15) is 9.18 Å². The van der Waals surface area contributed by atoms with E-state index in [2.05, 4.69) is 25.3 Å². The van der Waals surface area contributed by atoms with Gasteiger partial charge in [-0.3, -0.25) is 4.79 Å². The van der Waals surface area contributed by atoms with Gasteiger partial charge in [0, 0.05) is 18.7 Å². The molecule has 152 valence electrons. The Labute approximate surface area is 167 Å². The molecule has 1 aliphatic rings. The van der Waals surface area contributed by atoms with Gasteiger partial charge < -0.3 is 19.5 Å². The maximum absolute atomic E-state index is 13.8. The van der Waals surface area contributed by atoms with Crippen LogP contribution in [-0.2, 0) is 4.74 Å². The van der Waals surface area contributed by atoms with E-state index in [1.807, 2.05) is 13.8 Å². The molecule has 0 bridgehead atoms. The highest BCUT2D eigenvalue weighted by atomic mass is 19.1. The number of halogens is 1. The van der Waals surface area contributed by atoms with Gasteiger partial charge in [-0.05, 0) is 38.5 Å². The number of aromatic nitrogens is 3. The first kappa shape index (κ1) is 19.3. The second-order valence-corrected chi connectivity index (χ2v) is 7.18. The van der Waals surface area contributed by atoms with Crippen LogP contribution in [0.15, 0.2) is 29.0 Å². The minimum absolute atomic E-state index is 0.258. The van der Waals surface area contributed by atoms with Crippen molar-refractivity contribution in [2.75, 3.05) is 24.6 Å². The summed E-state index contributed by atoms with van der Waals surface area (Å²) in [6, 6.07) is 4.20. The van der Waals surface area contributed by atoms with Gasteiger partial charge in [-0.1, -0.05) is 11.2 Å². The number of carbonyl (C=O) groups is 1. The van der Waals surface area contributed by atoms with Crippen LogP contribution in [0.2, 0.25) is 0 Å². The molecule has 1 N–H and O–H groups in total. The van der Waals surface area contributed by atoms with Crippen LogP contribution in [0.5, 0.6) is 0 Å². The maximum Gasteiger partial charge on any atom is 0.263 e. The zero-order valence-electron chi connectivity index (χ0n) is 16.5. The number of ether oxygens (including phenoxy) is 1. The summed E-state index contributed by atoms with van der Waals surface area (Å²) in [6.07, 6.45) is 1.19. The molecular weight excluding hydrogens is 377 g/mol. The molecule has 4 rings (SSSR count). The molecule has 2 atom stereocenters. The molecule has 1 amide bonds. The average molecular weight is 399 g/mol. The molecule has 8 nitrogen and oxygen atoms in total. The Balaban J connectivity index is 1.50. The number of fused-ring (bicyclic) bond motifs is 1. The topological polar surface area (TPSA) is 93.4 Å².